The van der Waals surface area contributed by atoms with Gasteiger partial charge in [-0.15, -0.1) is 0 Å². The number of benzene rings is 4. The number of carbonyl (C=O) groups excluding carboxylic acids is 1. The number of ether oxygens (including phenoxy) is 5. The van der Waals surface area contributed by atoms with E-state index in [0.29, 0.717) is 52.4 Å². The summed E-state index contributed by atoms with van der Waals surface area (Å²) >= 11 is 6.30. The van der Waals surface area contributed by atoms with E-state index in [0.717, 1.165) is 24.0 Å². The average Bonchev–Trinajstić information content (AvgIpc) is 3.04. The van der Waals surface area contributed by atoms with Crippen molar-refractivity contribution in [3.63, 3.8) is 0 Å². The van der Waals surface area contributed by atoms with Crippen molar-refractivity contribution in [3.8, 4) is 34.8 Å². The second-order valence-electron chi connectivity index (χ2n) is 10.3. The smallest absolute Gasteiger partial charge is 0.343 e. The van der Waals surface area contributed by atoms with E-state index >= 15 is 0 Å². The first-order valence-electron chi connectivity index (χ1n) is 14.7. The number of unbranched alkanes of at least 4 members (excludes halogenated alkanes) is 1. The van der Waals surface area contributed by atoms with E-state index in [2.05, 4.69) is 13.0 Å². The lowest BCUT2D eigenvalue weighted by Crippen LogP contribution is -2.21. The molecule has 1 aliphatic heterocycles. The normalized spacial score (nSPS) is 13.7. The molecule has 4 aromatic carbocycles. The Hall–Kier alpha value is -5.13. The van der Waals surface area contributed by atoms with Crippen LogP contribution in [0.5, 0.6) is 28.7 Å². The van der Waals surface area contributed by atoms with Gasteiger partial charge in [-0.3, -0.25) is 0 Å². The molecule has 45 heavy (non-hydrogen) atoms. The van der Waals surface area contributed by atoms with Gasteiger partial charge in [-0.2, -0.15) is 5.26 Å². The molecule has 1 aliphatic rings. The second kappa shape index (κ2) is 14.6. The lowest BCUT2D eigenvalue weighted by molar-refractivity contribution is 0.0734. The maximum Gasteiger partial charge on any atom is 0.343 e. The Morgan fingerprint density at radius 3 is 2.44 bits per heavy atom. The Bertz CT molecular complexity index is 1750. The number of nitrogens with two attached hydrogens (primary N) is 1. The number of nitrogens with zero attached hydrogens (tertiary/aromatic N) is 1. The largest absolute Gasteiger partial charge is 0.494 e. The lowest BCUT2D eigenvalue weighted by atomic mass is 9.83. The van der Waals surface area contributed by atoms with E-state index in [1.165, 1.54) is 0 Å². The summed E-state index contributed by atoms with van der Waals surface area (Å²) in [6, 6.07) is 27.0. The highest BCUT2D eigenvalue weighted by atomic mass is 35.5. The number of carbonyl (C=O) groups is 1. The molecule has 4 aromatic rings. The van der Waals surface area contributed by atoms with Gasteiger partial charge in [0.15, 0.2) is 11.5 Å². The zero-order valence-electron chi connectivity index (χ0n) is 25.0. The van der Waals surface area contributed by atoms with E-state index in [1.54, 1.807) is 48.5 Å². The highest BCUT2D eigenvalue weighted by molar-refractivity contribution is 6.31. The Morgan fingerprint density at radius 1 is 0.933 bits per heavy atom. The van der Waals surface area contributed by atoms with Crippen LogP contribution in [0, 0.1) is 11.3 Å². The zero-order valence-corrected chi connectivity index (χ0v) is 25.8. The molecule has 1 unspecified atom stereocenters. The number of esters is 1. The third-order valence-electron chi connectivity index (χ3n) is 7.20. The van der Waals surface area contributed by atoms with Crippen molar-refractivity contribution in [1.29, 1.82) is 5.26 Å². The van der Waals surface area contributed by atoms with Crippen LogP contribution in [0.4, 0.5) is 0 Å². The highest BCUT2D eigenvalue weighted by Crippen LogP contribution is 2.45. The fraction of sp³-hybridized carbons (Fsp3) is 0.222. The van der Waals surface area contributed by atoms with Crippen LogP contribution in [0.3, 0.4) is 0 Å². The van der Waals surface area contributed by atoms with Crippen LogP contribution in [0.15, 0.2) is 96.4 Å². The standard InChI is InChI=1S/C36H33ClN2O6/c1-3-5-18-42-26-13-10-23(11-14-26)36(40)44-27-15-16-28-32(20-27)45-35(39)29(21-38)34(28)24-12-17-31(33(19-24)41-4-2)43-22-25-8-6-7-9-30(25)37/h6-17,19-20,34H,3-5,18,22,39H2,1-2H3. The van der Waals surface area contributed by atoms with Crippen molar-refractivity contribution in [2.75, 3.05) is 13.2 Å². The molecule has 0 saturated carbocycles. The van der Waals surface area contributed by atoms with E-state index in [-0.39, 0.29) is 23.8 Å². The molecule has 1 atom stereocenters. The van der Waals surface area contributed by atoms with Crippen molar-refractivity contribution in [2.24, 2.45) is 5.73 Å². The first-order chi connectivity index (χ1) is 21.9. The van der Waals surface area contributed by atoms with E-state index in [9.17, 15) is 10.1 Å². The predicted molar refractivity (Wildman–Crippen MR) is 171 cm³/mol. The van der Waals surface area contributed by atoms with Gasteiger partial charge in [0.25, 0.3) is 0 Å². The molecule has 0 aliphatic carbocycles. The second-order valence-corrected chi connectivity index (χ2v) is 10.7. The molecule has 1 heterocycles. The van der Waals surface area contributed by atoms with Gasteiger partial charge in [-0.05, 0) is 67.4 Å². The molecule has 5 rings (SSSR count). The third kappa shape index (κ3) is 7.34. The van der Waals surface area contributed by atoms with Gasteiger partial charge in [-0.1, -0.05) is 55.3 Å². The van der Waals surface area contributed by atoms with Crippen molar-refractivity contribution in [2.45, 2.75) is 39.2 Å². The molecular formula is C36H33ClN2O6. The summed E-state index contributed by atoms with van der Waals surface area (Å²) in [7, 11) is 0. The molecule has 0 amide bonds. The van der Waals surface area contributed by atoms with Gasteiger partial charge in [0.05, 0.1) is 24.7 Å². The zero-order chi connectivity index (χ0) is 31.8. The monoisotopic (exact) mass is 624 g/mol. The maximum atomic E-state index is 12.9. The SMILES string of the molecule is CCCCOc1ccc(C(=O)Oc2ccc3c(c2)OC(N)=C(C#N)C3c2ccc(OCc3ccccc3Cl)c(OCC)c2)cc1. The Morgan fingerprint density at radius 2 is 1.71 bits per heavy atom. The van der Waals surface area contributed by atoms with Crippen LogP contribution < -0.4 is 29.4 Å². The molecule has 0 bridgehead atoms. The van der Waals surface area contributed by atoms with Crippen molar-refractivity contribution < 1.29 is 28.5 Å². The Labute approximate surface area is 267 Å². The first kappa shape index (κ1) is 31.3. The van der Waals surface area contributed by atoms with Gasteiger partial charge in [0.2, 0.25) is 5.88 Å². The van der Waals surface area contributed by atoms with Crippen LogP contribution in [-0.2, 0) is 6.61 Å². The maximum absolute atomic E-state index is 12.9. The van der Waals surface area contributed by atoms with Crippen LogP contribution in [0.25, 0.3) is 0 Å². The molecular weight excluding hydrogens is 592 g/mol. The highest BCUT2D eigenvalue weighted by Gasteiger charge is 2.32. The molecule has 8 nitrogen and oxygen atoms in total. The van der Waals surface area contributed by atoms with Gasteiger partial charge in [-0.25, -0.2) is 4.79 Å². The average molecular weight is 625 g/mol. The molecule has 0 fully saturated rings. The molecule has 0 radical (unpaired) electrons. The van der Waals surface area contributed by atoms with Crippen LogP contribution in [0.1, 0.15) is 59.7 Å². The number of fused-ring (bicyclic) bond motifs is 1. The molecule has 0 saturated heterocycles. The third-order valence-corrected chi connectivity index (χ3v) is 7.57. The van der Waals surface area contributed by atoms with Crippen LogP contribution >= 0.6 is 11.6 Å². The first-order valence-corrected chi connectivity index (χ1v) is 15.1. The topological polar surface area (TPSA) is 113 Å². The Kier molecular flexibility index (Phi) is 10.1. The van der Waals surface area contributed by atoms with Gasteiger partial charge in [0.1, 0.15) is 35.5 Å². The summed E-state index contributed by atoms with van der Waals surface area (Å²) in [6.45, 7) is 5.26. The number of allylic oxidation sites excluding steroid dienone is 1. The van der Waals surface area contributed by atoms with Crippen LogP contribution in [-0.4, -0.2) is 19.2 Å². The van der Waals surface area contributed by atoms with Crippen molar-refractivity contribution in [3.05, 3.63) is 124 Å². The number of nitriles is 1. The molecule has 0 spiro atoms. The summed E-state index contributed by atoms with van der Waals surface area (Å²) in [5.74, 6) is 1.26. The molecule has 2 N–H and O–H groups in total. The van der Waals surface area contributed by atoms with E-state index in [1.807, 2.05) is 43.3 Å². The Balaban J connectivity index is 1.38. The van der Waals surface area contributed by atoms with Gasteiger partial charge in [0, 0.05) is 22.2 Å². The fourth-order valence-electron chi connectivity index (χ4n) is 4.89. The van der Waals surface area contributed by atoms with E-state index < -0.39 is 11.9 Å². The number of rotatable bonds is 12. The summed E-state index contributed by atoms with van der Waals surface area (Å²) in [5.41, 5.74) is 9.13. The minimum absolute atomic E-state index is 0.0332. The van der Waals surface area contributed by atoms with E-state index in [4.69, 9.17) is 41.0 Å². The van der Waals surface area contributed by atoms with Crippen LogP contribution in [0.2, 0.25) is 5.02 Å². The minimum Gasteiger partial charge on any atom is -0.494 e. The number of halogens is 1. The quantitative estimate of drug-likeness (QED) is 0.0960. The minimum atomic E-state index is -0.555. The van der Waals surface area contributed by atoms with Gasteiger partial charge >= 0.3 is 5.97 Å². The number of hydrogen-bond donors (Lipinski definition) is 1. The summed E-state index contributed by atoms with van der Waals surface area (Å²) in [5, 5.41) is 10.7. The molecule has 0 aromatic heterocycles. The van der Waals surface area contributed by atoms with Crippen molar-refractivity contribution in [1.82, 2.24) is 0 Å². The summed E-state index contributed by atoms with van der Waals surface area (Å²) in [6.07, 6.45) is 1.99. The fourth-order valence-corrected chi connectivity index (χ4v) is 5.08. The van der Waals surface area contributed by atoms with Crippen molar-refractivity contribution >= 4 is 17.6 Å². The molecule has 9 heteroatoms. The lowest BCUT2D eigenvalue weighted by Gasteiger charge is -2.27. The number of hydrogen-bond acceptors (Lipinski definition) is 8. The summed E-state index contributed by atoms with van der Waals surface area (Å²) in [4.78, 5) is 12.9. The van der Waals surface area contributed by atoms with Gasteiger partial charge < -0.3 is 29.4 Å². The predicted octanol–water partition coefficient (Wildman–Crippen LogP) is 7.93. The summed E-state index contributed by atoms with van der Waals surface area (Å²) < 4.78 is 29.1. The molecule has 230 valence electrons.